The van der Waals surface area contributed by atoms with Gasteiger partial charge in [0.2, 0.25) is 0 Å². The number of nitrogens with zero attached hydrogens (tertiary/aromatic N) is 2. The van der Waals surface area contributed by atoms with E-state index in [9.17, 15) is 0 Å². The lowest BCUT2D eigenvalue weighted by Crippen LogP contribution is -2.39. The minimum Gasteiger partial charge on any atom is -0.328 e. The molecule has 3 rings (SSSR count). The molecule has 2 N–H and O–H groups in total. The molecule has 3 nitrogen and oxygen atoms in total. The molecule has 2 aliphatic rings. The first kappa shape index (κ1) is 12.2. The Morgan fingerprint density at radius 3 is 2.56 bits per heavy atom. The third-order valence-electron chi connectivity index (χ3n) is 5.12. The lowest BCUT2D eigenvalue weighted by Gasteiger charge is -2.34. The van der Waals surface area contributed by atoms with Crippen LogP contribution in [-0.2, 0) is 5.54 Å². The Morgan fingerprint density at radius 2 is 1.89 bits per heavy atom. The molecule has 0 aromatic carbocycles. The number of imidazole rings is 1. The maximum absolute atomic E-state index is 6.11. The van der Waals surface area contributed by atoms with E-state index in [0.29, 0.717) is 0 Å². The number of hydrogen-bond acceptors (Lipinski definition) is 2. The largest absolute Gasteiger partial charge is 0.328 e. The molecular formula is C15H25N3. The maximum Gasteiger partial charge on any atom is 0.0953 e. The molecule has 0 radical (unpaired) electrons. The second-order valence-electron chi connectivity index (χ2n) is 6.16. The van der Waals surface area contributed by atoms with E-state index in [4.69, 9.17) is 5.73 Å². The molecule has 100 valence electrons. The van der Waals surface area contributed by atoms with E-state index >= 15 is 0 Å². The highest BCUT2D eigenvalue weighted by atomic mass is 15.1. The van der Waals surface area contributed by atoms with Gasteiger partial charge < -0.3 is 10.3 Å². The van der Waals surface area contributed by atoms with Crippen LogP contribution in [0.3, 0.4) is 0 Å². The van der Waals surface area contributed by atoms with Gasteiger partial charge in [-0.05, 0) is 25.7 Å². The Morgan fingerprint density at radius 1 is 1.17 bits per heavy atom. The fourth-order valence-corrected chi connectivity index (χ4v) is 3.98. The highest BCUT2D eigenvalue weighted by Crippen LogP contribution is 2.40. The lowest BCUT2D eigenvalue weighted by atomic mass is 9.86. The third kappa shape index (κ3) is 1.99. The van der Waals surface area contributed by atoms with Gasteiger partial charge in [-0.3, -0.25) is 0 Å². The van der Waals surface area contributed by atoms with Crippen molar-refractivity contribution in [3.63, 3.8) is 0 Å². The predicted octanol–water partition coefficient (Wildman–Crippen LogP) is 3.16. The van der Waals surface area contributed by atoms with E-state index in [1.54, 1.807) is 0 Å². The molecule has 0 bridgehead atoms. The normalized spacial score (nSPS) is 24.5. The van der Waals surface area contributed by atoms with Crippen LogP contribution >= 0.6 is 0 Å². The molecular weight excluding hydrogens is 222 g/mol. The van der Waals surface area contributed by atoms with Crippen molar-refractivity contribution >= 4 is 0 Å². The van der Waals surface area contributed by atoms with Crippen molar-refractivity contribution in [2.24, 2.45) is 5.73 Å². The zero-order valence-corrected chi connectivity index (χ0v) is 11.3. The van der Waals surface area contributed by atoms with Gasteiger partial charge in [0, 0.05) is 24.4 Å². The zero-order chi connectivity index (χ0) is 12.4. The minimum atomic E-state index is 0.184. The molecule has 2 fully saturated rings. The predicted molar refractivity (Wildman–Crippen MR) is 73.5 cm³/mol. The summed E-state index contributed by atoms with van der Waals surface area (Å²) in [5.74, 6) is 0.727. The third-order valence-corrected chi connectivity index (χ3v) is 5.12. The highest BCUT2D eigenvalue weighted by Gasteiger charge is 2.36. The Bertz CT molecular complexity index is 384. The van der Waals surface area contributed by atoms with Gasteiger partial charge >= 0.3 is 0 Å². The number of aromatic nitrogens is 2. The van der Waals surface area contributed by atoms with Crippen LogP contribution in [0, 0.1) is 0 Å². The van der Waals surface area contributed by atoms with E-state index in [2.05, 4.69) is 15.7 Å². The van der Waals surface area contributed by atoms with Gasteiger partial charge in [0.1, 0.15) is 0 Å². The van der Waals surface area contributed by atoms with Gasteiger partial charge in [-0.1, -0.05) is 32.1 Å². The molecule has 0 saturated heterocycles. The van der Waals surface area contributed by atoms with Crippen molar-refractivity contribution in [1.29, 1.82) is 0 Å². The van der Waals surface area contributed by atoms with Gasteiger partial charge in [0.15, 0.2) is 0 Å². The van der Waals surface area contributed by atoms with Gasteiger partial charge in [-0.15, -0.1) is 0 Å². The molecule has 0 spiro atoms. The Hall–Kier alpha value is -0.830. The summed E-state index contributed by atoms with van der Waals surface area (Å²) in [7, 11) is 0. The van der Waals surface area contributed by atoms with Crippen LogP contribution in [-0.4, -0.2) is 16.1 Å². The van der Waals surface area contributed by atoms with Gasteiger partial charge in [0.25, 0.3) is 0 Å². The van der Waals surface area contributed by atoms with Crippen molar-refractivity contribution < 1.29 is 0 Å². The standard InChI is InChI=1S/C15H25N3/c16-11-15(8-4-5-9-15)18-12-17-10-14(18)13-6-2-1-3-7-13/h10,12-13H,1-9,11,16H2. The van der Waals surface area contributed by atoms with Crippen LogP contribution in [0.4, 0.5) is 0 Å². The first-order valence-electron chi connectivity index (χ1n) is 7.58. The van der Waals surface area contributed by atoms with E-state index in [-0.39, 0.29) is 5.54 Å². The molecule has 3 heteroatoms. The molecule has 1 aromatic rings. The summed E-state index contributed by atoms with van der Waals surface area (Å²) in [6.45, 7) is 0.767. The Kier molecular flexibility index (Phi) is 3.42. The van der Waals surface area contributed by atoms with Gasteiger partial charge in [-0.25, -0.2) is 4.98 Å². The summed E-state index contributed by atoms with van der Waals surface area (Å²) >= 11 is 0. The van der Waals surface area contributed by atoms with Crippen LogP contribution in [0.1, 0.15) is 69.4 Å². The van der Waals surface area contributed by atoms with Crippen LogP contribution < -0.4 is 5.73 Å². The van der Waals surface area contributed by atoms with E-state index in [1.165, 1.54) is 63.5 Å². The molecule has 0 amide bonds. The lowest BCUT2D eigenvalue weighted by molar-refractivity contribution is 0.282. The number of hydrogen-bond donors (Lipinski definition) is 1. The fourth-order valence-electron chi connectivity index (χ4n) is 3.98. The second-order valence-corrected chi connectivity index (χ2v) is 6.16. The maximum atomic E-state index is 6.11. The van der Waals surface area contributed by atoms with E-state index < -0.39 is 0 Å². The number of rotatable bonds is 3. The average Bonchev–Trinajstić information content (AvgIpc) is 3.09. The summed E-state index contributed by atoms with van der Waals surface area (Å²) in [6.07, 6.45) is 16.1. The zero-order valence-electron chi connectivity index (χ0n) is 11.3. The monoisotopic (exact) mass is 247 g/mol. The summed E-state index contributed by atoms with van der Waals surface area (Å²) in [6, 6.07) is 0. The number of nitrogens with two attached hydrogens (primary N) is 1. The van der Waals surface area contributed by atoms with E-state index in [0.717, 1.165) is 12.5 Å². The van der Waals surface area contributed by atoms with Crippen molar-refractivity contribution in [2.75, 3.05) is 6.54 Å². The first-order chi connectivity index (χ1) is 8.86. The Labute approximate surface area is 110 Å². The van der Waals surface area contributed by atoms with Crippen LogP contribution in [0.15, 0.2) is 12.5 Å². The summed E-state index contributed by atoms with van der Waals surface area (Å²) in [5.41, 5.74) is 7.75. The van der Waals surface area contributed by atoms with Crippen LogP contribution in [0.25, 0.3) is 0 Å². The van der Waals surface area contributed by atoms with Crippen molar-refractivity contribution in [3.8, 4) is 0 Å². The highest BCUT2D eigenvalue weighted by molar-refractivity contribution is 5.12. The SMILES string of the molecule is NCC1(n2cncc2C2CCCCC2)CCCC1. The topological polar surface area (TPSA) is 43.8 Å². The van der Waals surface area contributed by atoms with Crippen molar-refractivity contribution in [3.05, 3.63) is 18.2 Å². The van der Waals surface area contributed by atoms with E-state index in [1.807, 2.05) is 6.33 Å². The summed E-state index contributed by atoms with van der Waals surface area (Å²) in [4.78, 5) is 4.44. The van der Waals surface area contributed by atoms with Crippen LogP contribution in [0.5, 0.6) is 0 Å². The van der Waals surface area contributed by atoms with Crippen molar-refractivity contribution in [2.45, 2.75) is 69.2 Å². The fraction of sp³-hybridized carbons (Fsp3) is 0.800. The molecule has 1 aromatic heterocycles. The van der Waals surface area contributed by atoms with Gasteiger partial charge in [0.05, 0.1) is 11.9 Å². The average molecular weight is 247 g/mol. The quantitative estimate of drug-likeness (QED) is 0.891. The second kappa shape index (κ2) is 5.04. The molecule has 0 aliphatic heterocycles. The van der Waals surface area contributed by atoms with Gasteiger partial charge in [-0.2, -0.15) is 0 Å². The first-order valence-corrected chi connectivity index (χ1v) is 7.58. The smallest absolute Gasteiger partial charge is 0.0953 e. The molecule has 2 saturated carbocycles. The molecule has 0 atom stereocenters. The summed E-state index contributed by atoms with van der Waals surface area (Å²) in [5, 5.41) is 0. The minimum absolute atomic E-state index is 0.184. The van der Waals surface area contributed by atoms with Crippen molar-refractivity contribution in [1.82, 2.24) is 9.55 Å². The van der Waals surface area contributed by atoms with Crippen LogP contribution in [0.2, 0.25) is 0 Å². The molecule has 2 aliphatic carbocycles. The summed E-state index contributed by atoms with van der Waals surface area (Å²) < 4.78 is 2.45. The Balaban J connectivity index is 1.90. The molecule has 1 heterocycles. The molecule has 18 heavy (non-hydrogen) atoms. The molecule has 0 unspecified atom stereocenters.